The van der Waals surface area contributed by atoms with Gasteiger partial charge in [0.15, 0.2) is 0 Å². The summed E-state index contributed by atoms with van der Waals surface area (Å²) in [6, 6.07) is 13.1. The van der Waals surface area contributed by atoms with Crippen molar-refractivity contribution in [3.05, 3.63) is 65.9 Å². The van der Waals surface area contributed by atoms with Gasteiger partial charge in [-0.1, -0.05) is 18.2 Å². The number of benzene rings is 1. The number of fused-ring (bicyclic) bond motifs is 1. The third-order valence-electron chi connectivity index (χ3n) is 3.14. The van der Waals surface area contributed by atoms with Gasteiger partial charge in [0.1, 0.15) is 0 Å². The lowest BCUT2D eigenvalue weighted by Gasteiger charge is -2.10. The Hall–Kier alpha value is -2.49. The highest BCUT2D eigenvalue weighted by Crippen LogP contribution is 2.19. The van der Waals surface area contributed by atoms with E-state index in [9.17, 15) is 4.39 Å². The van der Waals surface area contributed by atoms with Gasteiger partial charge < -0.3 is 5.32 Å². The minimum atomic E-state index is -0.472. The summed E-state index contributed by atoms with van der Waals surface area (Å²) in [5, 5.41) is 4.38. The molecule has 1 N–H and O–H groups in total. The third kappa shape index (κ3) is 2.59. The molecule has 0 fully saturated rings. The van der Waals surface area contributed by atoms with Gasteiger partial charge in [0.05, 0.1) is 17.4 Å². The minimum Gasteiger partial charge on any atom is -0.380 e. The molecule has 1 aromatic carbocycles. The fourth-order valence-electron chi connectivity index (χ4n) is 2.22. The lowest BCUT2D eigenvalue weighted by molar-refractivity contribution is 0.584. The number of aryl methyl sites for hydroxylation is 1. The van der Waals surface area contributed by atoms with E-state index in [-0.39, 0.29) is 0 Å². The van der Waals surface area contributed by atoms with E-state index in [1.54, 1.807) is 6.07 Å². The van der Waals surface area contributed by atoms with E-state index < -0.39 is 5.95 Å². The monoisotopic (exact) mass is 267 g/mol. The fraction of sp³-hybridized carbons (Fsp3) is 0.125. The average molecular weight is 267 g/mol. The SMILES string of the molecule is Cc1cc(CNc2ccc(F)nc2)c2ccccc2n1. The van der Waals surface area contributed by atoms with Crippen LogP contribution in [0.3, 0.4) is 0 Å². The van der Waals surface area contributed by atoms with Crippen LogP contribution in [-0.4, -0.2) is 9.97 Å². The number of hydrogen-bond donors (Lipinski definition) is 1. The van der Waals surface area contributed by atoms with Crippen LogP contribution < -0.4 is 5.32 Å². The molecule has 0 aliphatic heterocycles. The Morgan fingerprint density at radius 1 is 1.15 bits per heavy atom. The first kappa shape index (κ1) is 12.5. The normalized spacial score (nSPS) is 10.7. The maximum Gasteiger partial charge on any atom is 0.212 e. The summed E-state index contributed by atoms with van der Waals surface area (Å²) in [5.74, 6) is -0.472. The second kappa shape index (κ2) is 5.25. The zero-order valence-corrected chi connectivity index (χ0v) is 11.1. The first-order valence-corrected chi connectivity index (χ1v) is 6.43. The highest BCUT2D eigenvalue weighted by Gasteiger charge is 2.03. The highest BCUT2D eigenvalue weighted by molar-refractivity contribution is 5.82. The molecular weight excluding hydrogens is 253 g/mol. The number of hydrogen-bond acceptors (Lipinski definition) is 3. The van der Waals surface area contributed by atoms with Crippen LogP contribution in [0.15, 0.2) is 48.7 Å². The predicted molar refractivity (Wildman–Crippen MR) is 78.0 cm³/mol. The van der Waals surface area contributed by atoms with Gasteiger partial charge in [-0.2, -0.15) is 4.39 Å². The molecule has 2 aromatic heterocycles. The number of nitrogens with zero attached hydrogens (tertiary/aromatic N) is 2. The maximum atomic E-state index is 12.8. The zero-order chi connectivity index (χ0) is 13.9. The second-order valence-electron chi connectivity index (χ2n) is 4.66. The van der Waals surface area contributed by atoms with Gasteiger partial charge in [-0.3, -0.25) is 4.98 Å². The number of aromatic nitrogens is 2. The van der Waals surface area contributed by atoms with Crippen molar-refractivity contribution < 1.29 is 4.39 Å². The summed E-state index contributed by atoms with van der Waals surface area (Å²) in [6.07, 6.45) is 1.49. The maximum absolute atomic E-state index is 12.8. The van der Waals surface area contributed by atoms with Crippen molar-refractivity contribution in [2.24, 2.45) is 0 Å². The predicted octanol–water partition coefficient (Wildman–Crippen LogP) is 3.69. The topological polar surface area (TPSA) is 37.8 Å². The molecule has 0 aliphatic rings. The lowest BCUT2D eigenvalue weighted by Crippen LogP contribution is -2.02. The van der Waals surface area contributed by atoms with Crippen LogP contribution in [0.1, 0.15) is 11.3 Å². The van der Waals surface area contributed by atoms with E-state index in [0.717, 1.165) is 27.8 Å². The van der Waals surface area contributed by atoms with Crippen LogP contribution >= 0.6 is 0 Å². The lowest BCUT2D eigenvalue weighted by atomic mass is 10.1. The average Bonchev–Trinajstić information content (AvgIpc) is 2.46. The van der Waals surface area contributed by atoms with Gasteiger partial charge in [-0.25, -0.2) is 4.98 Å². The van der Waals surface area contributed by atoms with E-state index in [1.165, 1.54) is 12.3 Å². The summed E-state index contributed by atoms with van der Waals surface area (Å²) < 4.78 is 12.8. The Morgan fingerprint density at radius 3 is 2.80 bits per heavy atom. The van der Waals surface area contributed by atoms with Crippen molar-refractivity contribution in [2.45, 2.75) is 13.5 Å². The molecule has 0 saturated carbocycles. The minimum absolute atomic E-state index is 0.472. The molecule has 0 spiro atoms. The van der Waals surface area contributed by atoms with Gasteiger partial charge in [-0.05, 0) is 36.8 Å². The van der Waals surface area contributed by atoms with E-state index in [0.29, 0.717) is 6.54 Å². The third-order valence-corrected chi connectivity index (χ3v) is 3.14. The number of pyridine rings is 2. The quantitative estimate of drug-likeness (QED) is 0.735. The molecule has 20 heavy (non-hydrogen) atoms. The number of rotatable bonds is 3. The number of para-hydroxylation sites is 1. The van der Waals surface area contributed by atoms with Crippen LogP contribution in [0.5, 0.6) is 0 Å². The van der Waals surface area contributed by atoms with Crippen LogP contribution in [0.25, 0.3) is 10.9 Å². The Bertz CT molecular complexity index is 738. The summed E-state index contributed by atoms with van der Waals surface area (Å²) in [7, 11) is 0. The van der Waals surface area contributed by atoms with E-state index in [1.807, 2.05) is 25.1 Å². The van der Waals surface area contributed by atoms with Gasteiger partial charge in [0.25, 0.3) is 0 Å². The van der Waals surface area contributed by atoms with Crippen molar-refractivity contribution >= 4 is 16.6 Å². The first-order chi connectivity index (χ1) is 9.72. The summed E-state index contributed by atoms with van der Waals surface area (Å²) in [4.78, 5) is 8.14. The van der Waals surface area contributed by atoms with E-state index in [2.05, 4.69) is 27.4 Å². The standard InChI is InChI=1S/C16H14FN3/c1-11-8-12(14-4-2-3-5-15(14)20-11)9-18-13-6-7-16(17)19-10-13/h2-8,10,18H,9H2,1H3. The smallest absolute Gasteiger partial charge is 0.212 e. The molecule has 3 aromatic rings. The Kier molecular flexibility index (Phi) is 3.29. The Balaban J connectivity index is 1.88. The van der Waals surface area contributed by atoms with Crippen molar-refractivity contribution in [1.82, 2.24) is 9.97 Å². The van der Waals surface area contributed by atoms with Crippen LogP contribution in [-0.2, 0) is 6.54 Å². The van der Waals surface area contributed by atoms with Crippen LogP contribution in [0.2, 0.25) is 0 Å². The molecule has 3 rings (SSSR count). The molecule has 100 valence electrons. The summed E-state index contributed by atoms with van der Waals surface area (Å²) in [6.45, 7) is 2.63. The molecule has 0 unspecified atom stereocenters. The van der Waals surface area contributed by atoms with Gasteiger partial charge in [0, 0.05) is 17.6 Å². The van der Waals surface area contributed by atoms with Crippen molar-refractivity contribution in [2.75, 3.05) is 5.32 Å². The molecule has 0 radical (unpaired) electrons. The van der Waals surface area contributed by atoms with Gasteiger partial charge in [-0.15, -0.1) is 0 Å². The largest absolute Gasteiger partial charge is 0.380 e. The van der Waals surface area contributed by atoms with Crippen molar-refractivity contribution in [3.8, 4) is 0 Å². The Morgan fingerprint density at radius 2 is 2.00 bits per heavy atom. The molecule has 0 atom stereocenters. The number of halogens is 1. The first-order valence-electron chi connectivity index (χ1n) is 6.43. The fourth-order valence-corrected chi connectivity index (χ4v) is 2.22. The van der Waals surface area contributed by atoms with Crippen molar-refractivity contribution in [3.63, 3.8) is 0 Å². The zero-order valence-electron chi connectivity index (χ0n) is 11.1. The molecule has 2 heterocycles. The molecule has 0 aliphatic carbocycles. The summed E-state index contributed by atoms with van der Waals surface area (Å²) in [5.41, 5.74) is 3.93. The van der Waals surface area contributed by atoms with Crippen molar-refractivity contribution in [1.29, 1.82) is 0 Å². The molecule has 0 amide bonds. The molecular formula is C16H14FN3. The Labute approximate surface area is 116 Å². The van der Waals surface area contributed by atoms with Gasteiger partial charge >= 0.3 is 0 Å². The number of anilines is 1. The van der Waals surface area contributed by atoms with Crippen LogP contribution in [0.4, 0.5) is 10.1 Å². The molecule has 0 saturated heterocycles. The highest BCUT2D eigenvalue weighted by atomic mass is 19.1. The van der Waals surface area contributed by atoms with Crippen LogP contribution in [0, 0.1) is 12.9 Å². The second-order valence-corrected chi connectivity index (χ2v) is 4.66. The van der Waals surface area contributed by atoms with E-state index >= 15 is 0 Å². The molecule has 4 heteroatoms. The number of nitrogens with one attached hydrogen (secondary N) is 1. The molecule has 0 bridgehead atoms. The van der Waals surface area contributed by atoms with E-state index in [4.69, 9.17) is 0 Å². The molecule has 3 nitrogen and oxygen atoms in total. The van der Waals surface area contributed by atoms with Gasteiger partial charge in [0.2, 0.25) is 5.95 Å². The summed E-state index contributed by atoms with van der Waals surface area (Å²) >= 11 is 0.